The SMILES string of the molecule is CCN(CC)CCOc1ccc(NC(=S)S)cc1. The van der Waals surface area contributed by atoms with Crippen molar-refractivity contribution in [2.24, 2.45) is 0 Å². The first-order valence-electron chi connectivity index (χ1n) is 6.10. The smallest absolute Gasteiger partial charge is 0.135 e. The molecule has 0 aromatic heterocycles. The number of benzene rings is 1. The molecule has 1 rings (SSSR count). The van der Waals surface area contributed by atoms with E-state index in [9.17, 15) is 0 Å². The van der Waals surface area contributed by atoms with Gasteiger partial charge in [-0.2, -0.15) is 0 Å². The molecule has 0 amide bonds. The Bertz CT molecular complexity index is 364. The normalized spacial score (nSPS) is 10.4. The van der Waals surface area contributed by atoms with Crippen LogP contribution >= 0.6 is 24.8 Å². The standard InChI is InChI=1S/C13H20N2OS2/c1-3-15(4-2)9-10-16-12-7-5-11(6-8-12)14-13(17)18/h5-8H,3-4,9-10H2,1-2H3,(H2,14,17,18). The maximum atomic E-state index is 5.68. The molecule has 0 radical (unpaired) electrons. The average molecular weight is 284 g/mol. The number of nitrogens with one attached hydrogen (secondary N) is 1. The Hall–Kier alpha value is -0.780. The second kappa shape index (κ2) is 8.34. The van der Waals surface area contributed by atoms with Crippen LogP contribution in [-0.4, -0.2) is 35.5 Å². The zero-order chi connectivity index (χ0) is 13.4. The van der Waals surface area contributed by atoms with Crippen LogP contribution in [0.2, 0.25) is 0 Å². The molecule has 0 unspecified atom stereocenters. The van der Waals surface area contributed by atoms with E-state index < -0.39 is 0 Å². The molecule has 1 N–H and O–H groups in total. The first-order valence-corrected chi connectivity index (χ1v) is 6.96. The van der Waals surface area contributed by atoms with Crippen LogP contribution in [0.3, 0.4) is 0 Å². The van der Waals surface area contributed by atoms with Crippen LogP contribution in [0.1, 0.15) is 13.8 Å². The van der Waals surface area contributed by atoms with Crippen LogP contribution in [-0.2, 0) is 0 Å². The van der Waals surface area contributed by atoms with Crippen LogP contribution in [0.25, 0.3) is 0 Å². The second-order valence-corrected chi connectivity index (χ2v) is 4.99. The Morgan fingerprint density at radius 3 is 2.39 bits per heavy atom. The predicted molar refractivity (Wildman–Crippen MR) is 84.9 cm³/mol. The van der Waals surface area contributed by atoms with E-state index in [1.54, 1.807) is 0 Å². The van der Waals surface area contributed by atoms with E-state index in [4.69, 9.17) is 17.0 Å². The number of likely N-dealkylation sites (N-methyl/N-ethyl adjacent to an activating group) is 1. The van der Waals surface area contributed by atoms with Gasteiger partial charge in [-0.3, -0.25) is 0 Å². The predicted octanol–water partition coefficient (Wildman–Crippen LogP) is 3.03. The summed E-state index contributed by atoms with van der Waals surface area (Å²) >= 11 is 8.87. The zero-order valence-corrected chi connectivity index (χ0v) is 12.6. The summed E-state index contributed by atoms with van der Waals surface area (Å²) in [7, 11) is 0. The van der Waals surface area contributed by atoms with E-state index >= 15 is 0 Å². The topological polar surface area (TPSA) is 24.5 Å². The minimum atomic E-state index is 0.463. The number of hydrogen-bond acceptors (Lipinski definition) is 3. The van der Waals surface area contributed by atoms with Gasteiger partial charge in [0.05, 0.1) is 0 Å². The maximum absolute atomic E-state index is 5.68. The summed E-state index contributed by atoms with van der Waals surface area (Å²) in [5, 5.41) is 2.96. The second-order valence-electron chi connectivity index (χ2n) is 3.83. The number of thiocarbonyl (C=S) groups is 1. The van der Waals surface area contributed by atoms with Gasteiger partial charge in [-0.1, -0.05) is 26.1 Å². The molecule has 0 saturated carbocycles. The Labute approximate surface area is 120 Å². The number of thiol groups is 1. The Morgan fingerprint density at radius 1 is 1.28 bits per heavy atom. The molecule has 0 fully saturated rings. The summed E-state index contributed by atoms with van der Waals surface area (Å²) in [4.78, 5) is 2.33. The molecule has 1 aromatic carbocycles. The van der Waals surface area contributed by atoms with Crippen LogP contribution in [0.4, 0.5) is 5.69 Å². The molecule has 100 valence electrons. The Kier molecular flexibility index (Phi) is 7.08. The van der Waals surface area contributed by atoms with Gasteiger partial charge in [0.1, 0.15) is 16.7 Å². The quantitative estimate of drug-likeness (QED) is 0.594. The molecule has 0 heterocycles. The van der Waals surface area contributed by atoms with Crippen LogP contribution < -0.4 is 10.1 Å². The van der Waals surface area contributed by atoms with Crippen molar-refractivity contribution >= 4 is 34.9 Å². The van der Waals surface area contributed by atoms with Crippen molar-refractivity contribution in [2.75, 3.05) is 31.6 Å². The van der Waals surface area contributed by atoms with E-state index in [1.165, 1.54) is 0 Å². The van der Waals surface area contributed by atoms with Crippen molar-refractivity contribution < 1.29 is 4.74 Å². The molecule has 0 aliphatic carbocycles. The molecule has 18 heavy (non-hydrogen) atoms. The number of hydrogen-bond donors (Lipinski definition) is 2. The van der Waals surface area contributed by atoms with Gasteiger partial charge in [0.25, 0.3) is 0 Å². The lowest BCUT2D eigenvalue weighted by atomic mass is 10.3. The van der Waals surface area contributed by atoms with Crippen molar-refractivity contribution in [3.8, 4) is 5.75 Å². The van der Waals surface area contributed by atoms with Gasteiger partial charge in [0, 0.05) is 12.2 Å². The summed E-state index contributed by atoms with van der Waals surface area (Å²) in [5.41, 5.74) is 0.922. The molecule has 0 atom stereocenters. The zero-order valence-electron chi connectivity index (χ0n) is 10.8. The molecule has 0 aliphatic heterocycles. The largest absolute Gasteiger partial charge is 0.492 e. The van der Waals surface area contributed by atoms with Gasteiger partial charge < -0.3 is 15.0 Å². The summed E-state index contributed by atoms with van der Waals surface area (Å²) < 4.78 is 6.14. The Morgan fingerprint density at radius 2 is 1.89 bits per heavy atom. The third kappa shape index (κ3) is 5.71. The fourth-order valence-corrected chi connectivity index (χ4v) is 1.84. The highest BCUT2D eigenvalue weighted by atomic mass is 32.1. The van der Waals surface area contributed by atoms with Gasteiger partial charge in [0.15, 0.2) is 0 Å². The first-order chi connectivity index (χ1) is 8.65. The highest BCUT2D eigenvalue weighted by molar-refractivity contribution is 8.11. The lowest BCUT2D eigenvalue weighted by Crippen LogP contribution is -2.27. The van der Waals surface area contributed by atoms with Gasteiger partial charge >= 0.3 is 0 Å². The van der Waals surface area contributed by atoms with Gasteiger partial charge in [-0.25, -0.2) is 0 Å². The highest BCUT2D eigenvalue weighted by Gasteiger charge is 2.00. The maximum Gasteiger partial charge on any atom is 0.135 e. The molecule has 1 aromatic rings. The lowest BCUT2D eigenvalue weighted by Gasteiger charge is -2.18. The number of ether oxygens (including phenoxy) is 1. The number of rotatable bonds is 7. The third-order valence-corrected chi connectivity index (χ3v) is 2.89. The third-order valence-electron chi connectivity index (χ3n) is 2.68. The van der Waals surface area contributed by atoms with E-state index in [2.05, 4.69) is 36.7 Å². The molecular formula is C13H20N2OS2. The summed E-state index contributed by atoms with van der Waals surface area (Å²) in [6.45, 7) is 8.09. The average Bonchev–Trinajstić information content (AvgIpc) is 2.36. The van der Waals surface area contributed by atoms with Crippen LogP contribution in [0.15, 0.2) is 24.3 Å². The van der Waals surface area contributed by atoms with E-state index in [0.29, 0.717) is 10.9 Å². The minimum Gasteiger partial charge on any atom is -0.492 e. The monoisotopic (exact) mass is 284 g/mol. The van der Waals surface area contributed by atoms with E-state index in [1.807, 2.05) is 24.3 Å². The number of anilines is 1. The van der Waals surface area contributed by atoms with Gasteiger partial charge in [-0.15, -0.1) is 12.6 Å². The lowest BCUT2D eigenvalue weighted by molar-refractivity contribution is 0.223. The molecule has 0 bridgehead atoms. The molecule has 0 saturated heterocycles. The summed E-state index contributed by atoms with van der Waals surface area (Å²) in [5.74, 6) is 0.873. The van der Waals surface area contributed by atoms with Crippen molar-refractivity contribution in [2.45, 2.75) is 13.8 Å². The fourth-order valence-electron chi connectivity index (χ4n) is 1.59. The molecule has 3 nitrogen and oxygen atoms in total. The first kappa shape index (κ1) is 15.3. The van der Waals surface area contributed by atoms with E-state index in [0.717, 1.165) is 31.1 Å². The van der Waals surface area contributed by atoms with Crippen molar-refractivity contribution in [1.82, 2.24) is 4.90 Å². The van der Waals surface area contributed by atoms with Crippen molar-refractivity contribution in [3.63, 3.8) is 0 Å². The molecule has 0 spiro atoms. The fraction of sp³-hybridized carbons (Fsp3) is 0.462. The van der Waals surface area contributed by atoms with E-state index in [-0.39, 0.29) is 0 Å². The van der Waals surface area contributed by atoms with Crippen LogP contribution in [0.5, 0.6) is 5.75 Å². The highest BCUT2D eigenvalue weighted by Crippen LogP contribution is 2.16. The van der Waals surface area contributed by atoms with Gasteiger partial charge in [-0.05, 0) is 37.4 Å². The van der Waals surface area contributed by atoms with Gasteiger partial charge in [0.2, 0.25) is 0 Å². The molecule has 0 aliphatic rings. The Balaban J connectivity index is 2.37. The molecular weight excluding hydrogens is 264 g/mol. The summed E-state index contributed by atoms with van der Waals surface area (Å²) in [6, 6.07) is 7.71. The van der Waals surface area contributed by atoms with Crippen molar-refractivity contribution in [3.05, 3.63) is 24.3 Å². The summed E-state index contributed by atoms with van der Waals surface area (Å²) in [6.07, 6.45) is 0. The number of nitrogens with zero attached hydrogens (tertiary/aromatic N) is 1. The van der Waals surface area contributed by atoms with Crippen LogP contribution in [0, 0.1) is 0 Å². The molecule has 5 heteroatoms. The minimum absolute atomic E-state index is 0.463. The van der Waals surface area contributed by atoms with Crippen molar-refractivity contribution in [1.29, 1.82) is 0 Å².